The van der Waals surface area contributed by atoms with Gasteiger partial charge in [-0.05, 0) is 25.2 Å². The van der Waals surface area contributed by atoms with Crippen LogP contribution in [0.2, 0.25) is 0 Å². The first-order chi connectivity index (χ1) is 10.5. The van der Waals surface area contributed by atoms with E-state index in [4.69, 9.17) is 5.73 Å². The summed E-state index contributed by atoms with van der Waals surface area (Å²) >= 11 is 0. The minimum atomic E-state index is -0.413. The molecule has 1 fully saturated rings. The molecule has 0 aromatic heterocycles. The van der Waals surface area contributed by atoms with Crippen LogP contribution in [0.5, 0.6) is 0 Å². The van der Waals surface area contributed by atoms with Gasteiger partial charge in [0.25, 0.3) is 0 Å². The number of nitrogens with two attached hydrogens (primary N) is 1. The third-order valence-electron chi connectivity index (χ3n) is 4.80. The first-order valence-electron chi connectivity index (χ1n) is 8.83. The van der Waals surface area contributed by atoms with Crippen molar-refractivity contribution in [3.05, 3.63) is 0 Å². The standard InChI is InChI=1S/C17H33N3O2.ClH/c1-4-6-7-10-19-16(21)14-8-11-20(12-9-14)17(22)15(18)13(3)5-2;/h13-15H,4-12,18H2,1-3H3,(H,19,21);1H. The van der Waals surface area contributed by atoms with E-state index in [-0.39, 0.29) is 36.1 Å². The van der Waals surface area contributed by atoms with Crippen LogP contribution in [0.4, 0.5) is 0 Å². The molecule has 0 saturated carbocycles. The average Bonchev–Trinajstić information content (AvgIpc) is 2.56. The first kappa shape index (κ1) is 22.2. The number of nitrogens with zero attached hydrogens (tertiary/aromatic N) is 1. The van der Waals surface area contributed by atoms with Gasteiger partial charge in [-0.3, -0.25) is 9.59 Å². The van der Waals surface area contributed by atoms with E-state index in [9.17, 15) is 9.59 Å². The smallest absolute Gasteiger partial charge is 0.239 e. The Morgan fingerprint density at radius 3 is 2.35 bits per heavy atom. The largest absolute Gasteiger partial charge is 0.356 e. The predicted molar refractivity (Wildman–Crippen MR) is 96.5 cm³/mol. The highest BCUT2D eigenvalue weighted by atomic mass is 35.5. The maximum Gasteiger partial charge on any atom is 0.239 e. The summed E-state index contributed by atoms with van der Waals surface area (Å²) in [6.45, 7) is 8.28. The van der Waals surface area contributed by atoms with Crippen molar-refractivity contribution in [1.82, 2.24) is 10.2 Å². The Labute approximate surface area is 147 Å². The van der Waals surface area contributed by atoms with Crippen molar-refractivity contribution in [3.8, 4) is 0 Å². The lowest BCUT2D eigenvalue weighted by molar-refractivity contribution is -0.137. The number of carbonyl (C=O) groups is 2. The van der Waals surface area contributed by atoms with E-state index in [0.29, 0.717) is 13.1 Å². The number of rotatable bonds is 8. The van der Waals surface area contributed by atoms with E-state index in [1.165, 1.54) is 0 Å². The zero-order valence-corrected chi connectivity index (χ0v) is 15.7. The lowest BCUT2D eigenvalue weighted by Crippen LogP contribution is -2.50. The summed E-state index contributed by atoms with van der Waals surface area (Å²) in [6.07, 6.45) is 5.76. The highest BCUT2D eigenvalue weighted by Crippen LogP contribution is 2.19. The minimum Gasteiger partial charge on any atom is -0.356 e. The fourth-order valence-corrected chi connectivity index (χ4v) is 2.80. The van der Waals surface area contributed by atoms with Crippen LogP contribution in [-0.2, 0) is 9.59 Å². The Balaban J connectivity index is 0.00000484. The van der Waals surface area contributed by atoms with Crippen molar-refractivity contribution < 1.29 is 9.59 Å². The number of halogens is 1. The summed E-state index contributed by atoms with van der Waals surface area (Å²) in [5, 5.41) is 3.01. The molecule has 3 N–H and O–H groups in total. The summed E-state index contributed by atoms with van der Waals surface area (Å²) in [6, 6.07) is -0.413. The van der Waals surface area contributed by atoms with Gasteiger partial charge in [0.15, 0.2) is 0 Å². The monoisotopic (exact) mass is 347 g/mol. The lowest BCUT2D eigenvalue weighted by Gasteiger charge is -2.34. The molecule has 0 aromatic carbocycles. The number of unbranched alkanes of at least 4 members (excludes halogenated alkanes) is 2. The van der Waals surface area contributed by atoms with Gasteiger partial charge in [-0.15, -0.1) is 12.4 Å². The normalized spacial score (nSPS) is 18.0. The van der Waals surface area contributed by atoms with Gasteiger partial charge in [-0.2, -0.15) is 0 Å². The number of likely N-dealkylation sites (tertiary alicyclic amines) is 1. The third-order valence-corrected chi connectivity index (χ3v) is 4.80. The van der Waals surface area contributed by atoms with E-state index >= 15 is 0 Å². The second-order valence-electron chi connectivity index (χ2n) is 6.51. The number of nitrogens with one attached hydrogen (secondary N) is 1. The number of amides is 2. The number of piperidine rings is 1. The van der Waals surface area contributed by atoms with E-state index in [1.54, 1.807) is 0 Å². The lowest BCUT2D eigenvalue weighted by atomic mass is 9.93. The predicted octanol–water partition coefficient (Wildman–Crippen LogP) is 2.33. The topological polar surface area (TPSA) is 75.4 Å². The molecule has 1 aliphatic rings. The van der Waals surface area contributed by atoms with Gasteiger partial charge < -0.3 is 16.0 Å². The summed E-state index contributed by atoms with van der Waals surface area (Å²) in [5.74, 6) is 0.433. The molecule has 1 heterocycles. The summed E-state index contributed by atoms with van der Waals surface area (Å²) in [5.41, 5.74) is 6.02. The van der Waals surface area contributed by atoms with Gasteiger partial charge in [-0.1, -0.05) is 40.0 Å². The molecule has 0 aromatic rings. The Bertz CT molecular complexity index is 358. The van der Waals surface area contributed by atoms with Crippen molar-refractivity contribution in [2.24, 2.45) is 17.6 Å². The Hall–Kier alpha value is -0.810. The summed E-state index contributed by atoms with van der Waals surface area (Å²) in [7, 11) is 0. The molecule has 1 saturated heterocycles. The van der Waals surface area contributed by atoms with Crippen molar-refractivity contribution in [3.63, 3.8) is 0 Å². The molecule has 136 valence electrons. The van der Waals surface area contributed by atoms with Crippen LogP contribution in [-0.4, -0.2) is 42.4 Å². The maximum atomic E-state index is 12.3. The summed E-state index contributed by atoms with van der Waals surface area (Å²) < 4.78 is 0. The fraction of sp³-hybridized carbons (Fsp3) is 0.882. The molecular formula is C17H34ClN3O2. The van der Waals surface area contributed by atoms with E-state index in [2.05, 4.69) is 12.2 Å². The number of hydrogen-bond acceptors (Lipinski definition) is 3. The van der Waals surface area contributed by atoms with Crippen LogP contribution < -0.4 is 11.1 Å². The zero-order chi connectivity index (χ0) is 16.5. The van der Waals surface area contributed by atoms with Gasteiger partial charge >= 0.3 is 0 Å². The van der Waals surface area contributed by atoms with E-state index < -0.39 is 6.04 Å². The quantitative estimate of drug-likeness (QED) is 0.662. The fourth-order valence-electron chi connectivity index (χ4n) is 2.80. The number of carbonyl (C=O) groups excluding carboxylic acids is 2. The van der Waals surface area contributed by atoms with Gasteiger partial charge in [-0.25, -0.2) is 0 Å². The molecule has 2 unspecified atom stereocenters. The highest BCUT2D eigenvalue weighted by Gasteiger charge is 2.30. The molecule has 1 rings (SSSR count). The second-order valence-corrected chi connectivity index (χ2v) is 6.51. The van der Waals surface area contributed by atoms with Crippen LogP contribution in [0.15, 0.2) is 0 Å². The van der Waals surface area contributed by atoms with Gasteiger partial charge in [0.1, 0.15) is 0 Å². The molecule has 2 amide bonds. The zero-order valence-electron chi connectivity index (χ0n) is 14.8. The van der Waals surface area contributed by atoms with Crippen molar-refractivity contribution in [1.29, 1.82) is 0 Å². The molecule has 6 heteroatoms. The van der Waals surface area contributed by atoms with Crippen LogP contribution >= 0.6 is 12.4 Å². The van der Waals surface area contributed by atoms with E-state index in [0.717, 1.165) is 45.1 Å². The molecule has 2 atom stereocenters. The maximum absolute atomic E-state index is 12.3. The average molecular weight is 348 g/mol. The third kappa shape index (κ3) is 7.08. The SMILES string of the molecule is CCCCCNC(=O)C1CCN(C(=O)C(N)C(C)CC)CC1.Cl. The molecular weight excluding hydrogens is 314 g/mol. The highest BCUT2D eigenvalue weighted by molar-refractivity contribution is 5.85. The first-order valence-corrected chi connectivity index (χ1v) is 8.83. The molecule has 23 heavy (non-hydrogen) atoms. The Kier molecular flexibility index (Phi) is 11.3. The van der Waals surface area contributed by atoms with Crippen molar-refractivity contribution >= 4 is 24.2 Å². The van der Waals surface area contributed by atoms with Gasteiger partial charge in [0.2, 0.25) is 11.8 Å². The Morgan fingerprint density at radius 1 is 1.22 bits per heavy atom. The van der Waals surface area contributed by atoms with Crippen LogP contribution in [0, 0.1) is 11.8 Å². The molecule has 1 aliphatic heterocycles. The molecule has 0 aliphatic carbocycles. The minimum absolute atomic E-state index is 0. The van der Waals surface area contributed by atoms with Gasteiger partial charge in [0, 0.05) is 25.6 Å². The van der Waals surface area contributed by atoms with Crippen LogP contribution in [0.25, 0.3) is 0 Å². The molecule has 5 nitrogen and oxygen atoms in total. The van der Waals surface area contributed by atoms with E-state index in [1.807, 2.05) is 18.7 Å². The number of hydrogen-bond donors (Lipinski definition) is 2. The second kappa shape index (κ2) is 11.7. The molecule has 0 radical (unpaired) electrons. The van der Waals surface area contributed by atoms with Crippen LogP contribution in [0.1, 0.15) is 59.3 Å². The van der Waals surface area contributed by atoms with Crippen LogP contribution in [0.3, 0.4) is 0 Å². The molecule has 0 bridgehead atoms. The summed E-state index contributed by atoms with van der Waals surface area (Å²) in [4.78, 5) is 26.2. The van der Waals surface area contributed by atoms with Crippen molar-refractivity contribution in [2.75, 3.05) is 19.6 Å². The molecule has 0 spiro atoms. The Morgan fingerprint density at radius 2 is 1.83 bits per heavy atom. The van der Waals surface area contributed by atoms with Gasteiger partial charge in [0.05, 0.1) is 6.04 Å². The van der Waals surface area contributed by atoms with Crippen molar-refractivity contribution in [2.45, 2.75) is 65.3 Å².